The maximum Gasteiger partial charge on any atom is 0.106 e. The number of hydrogen-bond donors (Lipinski definition) is 0. The van der Waals surface area contributed by atoms with Crippen molar-refractivity contribution in [2.75, 3.05) is 0 Å². The van der Waals surface area contributed by atoms with Crippen molar-refractivity contribution in [1.29, 1.82) is 0 Å². The molecule has 0 aromatic carbocycles. The molecular weight excluding hydrogens is 179 g/mol. The molecule has 0 nitrogen and oxygen atoms in total. The predicted octanol–water partition coefficient (Wildman–Crippen LogP) is 3.89. The standard InChI is InChI=1S/C9H12Cl2/c10-9(11)8-5-4-6-2-1-3-7(6)8/h6-7H,1-5H2/t6-,7-/m0/s1. The average Bonchev–Trinajstić information content (AvgIpc) is 2.41. The summed E-state index contributed by atoms with van der Waals surface area (Å²) >= 11 is 11.6. The van der Waals surface area contributed by atoms with E-state index >= 15 is 0 Å². The molecule has 0 bridgehead atoms. The molecule has 0 aromatic heterocycles. The van der Waals surface area contributed by atoms with Crippen LogP contribution < -0.4 is 0 Å². The van der Waals surface area contributed by atoms with Gasteiger partial charge in [0.05, 0.1) is 0 Å². The van der Waals surface area contributed by atoms with E-state index in [1.54, 1.807) is 0 Å². The lowest BCUT2D eigenvalue weighted by molar-refractivity contribution is 0.491. The highest BCUT2D eigenvalue weighted by Crippen LogP contribution is 2.49. The molecule has 2 atom stereocenters. The third-order valence-electron chi connectivity index (χ3n) is 3.13. The summed E-state index contributed by atoms with van der Waals surface area (Å²) in [5.41, 5.74) is 1.34. The molecule has 2 rings (SSSR count). The van der Waals surface area contributed by atoms with Gasteiger partial charge in [-0.1, -0.05) is 29.6 Å². The molecule has 0 aromatic rings. The van der Waals surface area contributed by atoms with Gasteiger partial charge in [-0.2, -0.15) is 0 Å². The summed E-state index contributed by atoms with van der Waals surface area (Å²) in [6.45, 7) is 0. The molecule has 0 saturated heterocycles. The minimum Gasteiger partial charge on any atom is -0.0709 e. The second-order valence-corrected chi connectivity index (χ2v) is 4.57. The Morgan fingerprint density at radius 1 is 1.18 bits per heavy atom. The first-order valence-corrected chi connectivity index (χ1v) is 5.08. The fourth-order valence-corrected chi connectivity index (χ4v) is 3.07. The van der Waals surface area contributed by atoms with E-state index in [4.69, 9.17) is 23.2 Å². The van der Waals surface area contributed by atoms with Crippen LogP contribution in [-0.4, -0.2) is 0 Å². The van der Waals surface area contributed by atoms with E-state index in [-0.39, 0.29) is 0 Å². The second-order valence-electron chi connectivity index (χ2n) is 3.62. The molecule has 11 heavy (non-hydrogen) atoms. The summed E-state index contributed by atoms with van der Waals surface area (Å²) in [4.78, 5) is 0. The van der Waals surface area contributed by atoms with Crippen LogP contribution >= 0.6 is 23.2 Å². The highest BCUT2D eigenvalue weighted by molar-refractivity contribution is 6.56. The number of allylic oxidation sites excluding steroid dienone is 1. The fourth-order valence-electron chi connectivity index (χ4n) is 2.60. The monoisotopic (exact) mass is 190 g/mol. The normalized spacial score (nSPS) is 36.0. The topological polar surface area (TPSA) is 0 Å². The molecule has 0 heterocycles. The maximum atomic E-state index is 5.80. The number of fused-ring (bicyclic) bond motifs is 1. The molecule has 62 valence electrons. The van der Waals surface area contributed by atoms with E-state index in [1.165, 1.54) is 31.3 Å². The average molecular weight is 191 g/mol. The van der Waals surface area contributed by atoms with E-state index in [1.807, 2.05) is 0 Å². The van der Waals surface area contributed by atoms with Gasteiger partial charge in [0.15, 0.2) is 0 Å². The summed E-state index contributed by atoms with van der Waals surface area (Å²) in [5, 5.41) is 0. The van der Waals surface area contributed by atoms with Crippen molar-refractivity contribution in [1.82, 2.24) is 0 Å². The Morgan fingerprint density at radius 2 is 2.00 bits per heavy atom. The Hall–Kier alpha value is 0.320. The van der Waals surface area contributed by atoms with Crippen LogP contribution in [0.4, 0.5) is 0 Å². The summed E-state index contributed by atoms with van der Waals surface area (Å²) in [5.74, 6) is 1.66. The minimum absolute atomic E-state index is 0.555. The summed E-state index contributed by atoms with van der Waals surface area (Å²) in [6.07, 6.45) is 6.57. The van der Waals surface area contributed by atoms with Gasteiger partial charge in [-0.25, -0.2) is 0 Å². The molecule has 0 aliphatic heterocycles. The first-order valence-electron chi connectivity index (χ1n) is 4.33. The Kier molecular flexibility index (Phi) is 2.16. The fraction of sp³-hybridized carbons (Fsp3) is 0.778. The van der Waals surface area contributed by atoms with Gasteiger partial charge in [0, 0.05) is 0 Å². The lowest BCUT2D eigenvalue weighted by atomic mass is 9.98. The summed E-state index contributed by atoms with van der Waals surface area (Å²) in [7, 11) is 0. The van der Waals surface area contributed by atoms with Gasteiger partial charge in [0.25, 0.3) is 0 Å². The van der Waals surface area contributed by atoms with Crippen LogP contribution in [0.5, 0.6) is 0 Å². The predicted molar refractivity (Wildman–Crippen MR) is 48.8 cm³/mol. The Balaban J connectivity index is 2.21. The van der Waals surface area contributed by atoms with E-state index < -0.39 is 0 Å². The van der Waals surface area contributed by atoms with Crippen molar-refractivity contribution in [2.45, 2.75) is 32.1 Å². The van der Waals surface area contributed by atoms with Gasteiger partial charge in [-0.15, -0.1) is 0 Å². The smallest absolute Gasteiger partial charge is 0.0709 e. The van der Waals surface area contributed by atoms with E-state index in [0.29, 0.717) is 4.49 Å². The number of rotatable bonds is 0. The Morgan fingerprint density at radius 3 is 2.73 bits per heavy atom. The molecule has 0 radical (unpaired) electrons. The number of halogens is 2. The molecule has 0 amide bonds. The molecule has 2 fully saturated rings. The molecule has 2 saturated carbocycles. The zero-order chi connectivity index (χ0) is 7.84. The van der Waals surface area contributed by atoms with Crippen LogP contribution in [0.3, 0.4) is 0 Å². The lowest BCUT2D eigenvalue weighted by Gasteiger charge is -2.09. The van der Waals surface area contributed by atoms with Gasteiger partial charge in [0.1, 0.15) is 4.49 Å². The molecule has 2 aliphatic rings. The Labute approximate surface area is 77.6 Å². The van der Waals surface area contributed by atoms with Gasteiger partial charge < -0.3 is 0 Å². The van der Waals surface area contributed by atoms with Crippen molar-refractivity contribution >= 4 is 23.2 Å². The van der Waals surface area contributed by atoms with Gasteiger partial charge in [0.2, 0.25) is 0 Å². The van der Waals surface area contributed by atoms with Gasteiger partial charge >= 0.3 is 0 Å². The Bertz CT molecular complexity index is 192. The van der Waals surface area contributed by atoms with Crippen molar-refractivity contribution in [3.05, 3.63) is 10.1 Å². The quantitative estimate of drug-likeness (QED) is 0.544. The first-order chi connectivity index (χ1) is 5.29. The lowest BCUT2D eigenvalue weighted by Crippen LogP contribution is -1.99. The molecule has 2 heteroatoms. The first kappa shape index (κ1) is 7.94. The molecule has 2 aliphatic carbocycles. The highest BCUT2D eigenvalue weighted by atomic mass is 35.5. The van der Waals surface area contributed by atoms with Crippen molar-refractivity contribution in [3.8, 4) is 0 Å². The van der Waals surface area contributed by atoms with E-state index in [0.717, 1.165) is 18.3 Å². The zero-order valence-corrected chi connectivity index (χ0v) is 7.96. The number of hydrogen-bond acceptors (Lipinski definition) is 0. The van der Waals surface area contributed by atoms with Gasteiger partial charge in [-0.3, -0.25) is 0 Å². The van der Waals surface area contributed by atoms with E-state index in [9.17, 15) is 0 Å². The third kappa shape index (κ3) is 1.31. The van der Waals surface area contributed by atoms with Crippen LogP contribution in [0.1, 0.15) is 32.1 Å². The molecule has 0 spiro atoms. The zero-order valence-electron chi connectivity index (χ0n) is 6.45. The van der Waals surface area contributed by atoms with Crippen LogP contribution in [-0.2, 0) is 0 Å². The second kappa shape index (κ2) is 2.99. The summed E-state index contributed by atoms with van der Waals surface area (Å²) < 4.78 is 0.555. The van der Waals surface area contributed by atoms with Crippen LogP contribution in [0.2, 0.25) is 0 Å². The van der Waals surface area contributed by atoms with Crippen molar-refractivity contribution in [3.63, 3.8) is 0 Å². The maximum absolute atomic E-state index is 5.80. The largest absolute Gasteiger partial charge is 0.106 e. The third-order valence-corrected chi connectivity index (χ3v) is 3.62. The van der Waals surface area contributed by atoms with Crippen LogP contribution in [0, 0.1) is 11.8 Å². The highest BCUT2D eigenvalue weighted by Gasteiger charge is 2.36. The summed E-state index contributed by atoms with van der Waals surface area (Å²) in [6, 6.07) is 0. The molecule has 0 unspecified atom stereocenters. The van der Waals surface area contributed by atoms with Crippen LogP contribution in [0.25, 0.3) is 0 Å². The van der Waals surface area contributed by atoms with E-state index in [2.05, 4.69) is 0 Å². The molecular formula is C9H12Cl2. The minimum atomic E-state index is 0.555. The van der Waals surface area contributed by atoms with Crippen LogP contribution in [0.15, 0.2) is 10.1 Å². The van der Waals surface area contributed by atoms with Gasteiger partial charge in [-0.05, 0) is 43.1 Å². The van der Waals surface area contributed by atoms with Crippen molar-refractivity contribution < 1.29 is 0 Å². The molecule has 0 N–H and O–H groups in total. The van der Waals surface area contributed by atoms with Crippen molar-refractivity contribution in [2.24, 2.45) is 11.8 Å². The SMILES string of the molecule is ClC(Cl)=C1CC[C@@H]2CCC[C@H]12.